The smallest absolute Gasteiger partial charge is 0.241 e. The summed E-state index contributed by atoms with van der Waals surface area (Å²) in [5.41, 5.74) is 1.96. The zero-order chi connectivity index (χ0) is 11.4. The summed E-state index contributed by atoms with van der Waals surface area (Å²) in [6, 6.07) is 7.74. The maximum absolute atomic E-state index is 11.3. The molecular weight excluding hydrogens is 212 g/mol. The number of carbonyl (C=O) groups excluding carboxylic acids is 1. The highest BCUT2D eigenvalue weighted by molar-refractivity contribution is 6.29. The van der Waals surface area contributed by atoms with E-state index in [0.29, 0.717) is 0 Å². The predicted octanol–water partition coefficient (Wildman–Crippen LogP) is 1.95. The molecule has 0 saturated heterocycles. The van der Waals surface area contributed by atoms with Crippen LogP contribution in [0.2, 0.25) is 0 Å². The zero-order valence-corrected chi connectivity index (χ0v) is 9.95. The normalized spacial score (nSPS) is 9.87. The number of carbonyl (C=O) groups is 1. The summed E-state index contributed by atoms with van der Waals surface area (Å²) in [6.07, 6.45) is 0. The van der Waals surface area contributed by atoms with E-state index in [2.05, 4.69) is 0 Å². The Hall–Kier alpha value is -1.22. The number of halogens is 1. The maximum Gasteiger partial charge on any atom is 0.241 e. The molecule has 0 aliphatic rings. The average Bonchev–Trinajstić information content (AvgIpc) is 2.27. The Bertz CT molecular complexity index is 335. The van der Waals surface area contributed by atoms with E-state index in [1.54, 1.807) is 11.9 Å². The highest BCUT2D eigenvalue weighted by Gasteiger charge is 2.08. The Kier molecular flexibility index (Phi) is 3.97. The van der Waals surface area contributed by atoms with Gasteiger partial charge in [-0.1, -0.05) is 0 Å². The summed E-state index contributed by atoms with van der Waals surface area (Å²) in [6.45, 7) is 0. The molecule has 1 rings (SSSR count). The third kappa shape index (κ3) is 2.86. The third-order valence-electron chi connectivity index (χ3n) is 2.24. The lowest BCUT2D eigenvalue weighted by atomic mass is 10.2. The average molecular weight is 227 g/mol. The van der Waals surface area contributed by atoms with Crippen molar-refractivity contribution in [2.24, 2.45) is 0 Å². The molecule has 1 amide bonds. The Morgan fingerprint density at radius 3 is 2.00 bits per heavy atom. The van der Waals surface area contributed by atoms with Gasteiger partial charge in [0, 0.05) is 32.5 Å². The third-order valence-corrected chi connectivity index (χ3v) is 2.47. The molecule has 0 spiro atoms. The molecule has 1 aromatic carbocycles. The lowest BCUT2D eigenvalue weighted by Gasteiger charge is -2.18. The summed E-state index contributed by atoms with van der Waals surface area (Å²) in [4.78, 5) is 14.9. The number of hydrogen-bond acceptors (Lipinski definition) is 2. The van der Waals surface area contributed by atoms with E-state index in [-0.39, 0.29) is 11.8 Å². The second-order valence-electron chi connectivity index (χ2n) is 3.50. The van der Waals surface area contributed by atoms with Gasteiger partial charge in [0.15, 0.2) is 0 Å². The van der Waals surface area contributed by atoms with Crippen LogP contribution >= 0.6 is 11.6 Å². The van der Waals surface area contributed by atoms with Crippen molar-refractivity contribution >= 4 is 28.9 Å². The molecule has 0 aliphatic carbocycles. The number of benzene rings is 1. The van der Waals surface area contributed by atoms with Crippen LogP contribution in [0.15, 0.2) is 24.3 Å². The Morgan fingerprint density at radius 1 is 1.13 bits per heavy atom. The molecule has 1 aromatic rings. The van der Waals surface area contributed by atoms with Gasteiger partial charge >= 0.3 is 0 Å². The lowest BCUT2D eigenvalue weighted by molar-refractivity contribution is -0.116. The van der Waals surface area contributed by atoms with Crippen LogP contribution in [0.1, 0.15) is 0 Å². The molecule has 0 fully saturated rings. The Labute approximate surface area is 95.2 Å². The van der Waals surface area contributed by atoms with Crippen molar-refractivity contribution in [2.45, 2.75) is 0 Å². The fourth-order valence-corrected chi connectivity index (χ4v) is 1.39. The van der Waals surface area contributed by atoms with Crippen LogP contribution in [-0.4, -0.2) is 32.9 Å². The zero-order valence-electron chi connectivity index (χ0n) is 9.20. The van der Waals surface area contributed by atoms with E-state index in [4.69, 9.17) is 11.6 Å². The monoisotopic (exact) mass is 226 g/mol. The van der Waals surface area contributed by atoms with Crippen LogP contribution in [-0.2, 0) is 4.79 Å². The van der Waals surface area contributed by atoms with E-state index in [9.17, 15) is 4.79 Å². The minimum atomic E-state index is -0.103. The van der Waals surface area contributed by atoms with Gasteiger partial charge in [-0.2, -0.15) is 0 Å². The first-order chi connectivity index (χ1) is 7.06. The van der Waals surface area contributed by atoms with Crippen molar-refractivity contribution in [3.05, 3.63) is 24.3 Å². The highest BCUT2D eigenvalue weighted by atomic mass is 35.5. The van der Waals surface area contributed by atoms with Crippen LogP contribution in [0.25, 0.3) is 0 Å². The van der Waals surface area contributed by atoms with E-state index >= 15 is 0 Å². The van der Waals surface area contributed by atoms with Crippen LogP contribution in [0, 0.1) is 0 Å². The van der Waals surface area contributed by atoms with E-state index < -0.39 is 0 Å². The molecule has 3 nitrogen and oxygen atoms in total. The quantitative estimate of drug-likeness (QED) is 0.736. The van der Waals surface area contributed by atoms with Crippen LogP contribution in [0.3, 0.4) is 0 Å². The van der Waals surface area contributed by atoms with Crippen molar-refractivity contribution in [1.29, 1.82) is 0 Å². The number of nitrogens with zero attached hydrogens (tertiary/aromatic N) is 2. The SMILES string of the molecule is CN(C)c1ccc(N(C)C(=O)CCl)cc1. The number of amides is 1. The molecule has 0 saturated carbocycles. The van der Waals surface area contributed by atoms with Crippen molar-refractivity contribution in [3.63, 3.8) is 0 Å². The molecule has 82 valence electrons. The summed E-state index contributed by atoms with van der Waals surface area (Å²) in [5, 5.41) is 0. The molecule has 0 heterocycles. The second kappa shape index (κ2) is 5.03. The topological polar surface area (TPSA) is 23.6 Å². The van der Waals surface area contributed by atoms with E-state index in [1.807, 2.05) is 43.3 Å². The van der Waals surface area contributed by atoms with Gasteiger partial charge in [-0.3, -0.25) is 4.79 Å². The molecule has 0 aliphatic heterocycles. The van der Waals surface area contributed by atoms with Gasteiger partial charge in [-0.15, -0.1) is 11.6 Å². The van der Waals surface area contributed by atoms with Crippen molar-refractivity contribution in [3.8, 4) is 0 Å². The molecule has 0 radical (unpaired) electrons. The number of alkyl halides is 1. The first kappa shape index (κ1) is 11.9. The number of hydrogen-bond donors (Lipinski definition) is 0. The van der Waals surface area contributed by atoms with E-state index in [1.165, 1.54) is 0 Å². The van der Waals surface area contributed by atoms with Crippen molar-refractivity contribution in [2.75, 3.05) is 36.8 Å². The van der Waals surface area contributed by atoms with Crippen molar-refractivity contribution < 1.29 is 4.79 Å². The molecule has 0 N–H and O–H groups in total. The van der Waals surface area contributed by atoms with Gasteiger partial charge in [0.05, 0.1) is 0 Å². The first-order valence-corrected chi connectivity index (χ1v) is 5.19. The van der Waals surface area contributed by atoms with Crippen molar-refractivity contribution in [1.82, 2.24) is 0 Å². The molecule has 15 heavy (non-hydrogen) atoms. The lowest BCUT2D eigenvalue weighted by Crippen LogP contribution is -2.27. The van der Waals surface area contributed by atoms with Crippen LogP contribution in [0.5, 0.6) is 0 Å². The minimum absolute atomic E-state index is 0.00588. The summed E-state index contributed by atoms with van der Waals surface area (Å²) >= 11 is 5.48. The summed E-state index contributed by atoms with van der Waals surface area (Å²) in [5.74, 6) is -0.0966. The van der Waals surface area contributed by atoms with Gasteiger partial charge in [0.2, 0.25) is 5.91 Å². The van der Waals surface area contributed by atoms with Gasteiger partial charge < -0.3 is 9.80 Å². The fourth-order valence-electron chi connectivity index (χ4n) is 1.21. The number of rotatable bonds is 3. The maximum atomic E-state index is 11.3. The standard InChI is InChI=1S/C11H15ClN2O/c1-13(2)9-4-6-10(7-5-9)14(3)11(15)8-12/h4-7H,8H2,1-3H3. The molecule has 4 heteroatoms. The summed E-state index contributed by atoms with van der Waals surface area (Å²) in [7, 11) is 5.67. The Balaban J connectivity index is 2.84. The Morgan fingerprint density at radius 2 is 1.60 bits per heavy atom. The minimum Gasteiger partial charge on any atom is -0.378 e. The predicted molar refractivity (Wildman–Crippen MR) is 64.9 cm³/mol. The summed E-state index contributed by atoms with van der Waals surface area (Å²) < 4.78 is 0. The second-order valence-corrected chi connectivity index (χ2v) is 3.76. The highest BCUT2D eigenvalue weighted by Crippen LogP contribution is 2.18. The number of anilines is 2. The molecule has 0 bridgehead atoms. The van der Waals surface area contributed by atoms with Gasteiger partial charge in [0.25, 0.3) is 0 Å². The van der Waals surface area contributed by atoms with Crippen LogP contribution < -0.4 is 9.80 Å². The van der Waals surface area contributed by atoms with Gasteiger partial charge in [0.1, 0.15) is 5.88 Å². The van der Waals surface area contributed by atoms with E-state index in [0.717, 1.165) is 11.4 Å². The molecule has 0 atom stereocenters. The van der Waals surface area contributed by atoms with Gasteiger partial charge in [-0.05, 0) is 24.3 Å². The van der Waals surface area contributed by atoms with Gasteiger partial charge in [-0.25, -0.2) is 0 Å². The largest absolute Gasteiger partial charge is 0.378 e. The molecule has 0 unspecified atom stereocenters. The first-order valence-electron chi connectivity index (χ1n) is 4.66. The van der Waals surface area contributed by atoms with Crippen LogP contribution in [0.4, 0.5) is 11.4 Å². The fraction of sp³-hybridized carbons (Fsp3) is 0.364. The molecular formula is C11H15ClN2O. The molecule has 0 aromatic heterocycles.